The van der Waals surface area contributed by atoms with E-state index in [-0.39, 0.29) is 35.6 Å². The van der Waals surface area contributed by atoms with Gasteiger partial charge in [0.1, 0.15) is 11.4 Å². The number of aromatic nitrogens is 2. The van der Waals surface area contributed by atoms with E-state index in [2.05, 4.69) is 10.4 Å². The number of aryl methyl sites for hydroxylation is 1. The number of nitrogens with one attached hydrogen (secondary N) is 1. The molecule has 2 aliphatic rings. The Morgan fingerprint density at radius 3 is 2.50 bits per heavy atom. The fourth-order valence-electron chi connectivity index (χ4n) is 5.57. The first-order valence-electron chi connectivity index (χ1n) is 17.4. The maximum Gasteiger partial charge on any atom is 0.277 e. The normalized spacial score (nSPS) is 26.7. The number of nitrogens with zero attached hydrogens (tertiary/aromatic N) is 4. The van der Waals surface area contributed by atoms with Gasteiger partial charge in [0.25, 0.3) is 11.8 Å². The summed E-state index contributed by atoms with van der Waals surface area (Å²) in [5.74, 6) is -1.92. The first kappa shape index (κ1) is 21.5. The van der Waals surface area contributed by atoms with E-state index in [1.54, 1.807) is 19.1 Å². The molecule has 9 heteroatoms. The molecule has 9 nitrogen and oxygen atoms in total. The number of hydrogen-bond acceptors (Lipinski definition) is 5. The zero-order valence-electron chi connectivity index (χ0n) is 32.2. The second kappa shape index (κ2) is 11.3. The average Bonchev–Trinajstić information content (AvgIpc) is 3.41. The summed E-state index contributed by atoms with van der Waals surface area (Å²) in [5.41, 5.74) is 3.96. The molecule has 0 radical (unpaired) electrons. The van der Waals surface area contributed by atoms with Crippen molar-refractivity contribution in [1.82, 2.24) is 15.1 Å². The van der Waals surface area contributed by atoms with Gasteiger partial charge in [0, 0.05) is 57.1 Å². The quantitative estimate of drug-likeness (QED) is 0.410. The molecular formula is C33H41N5O4. The predicted molar refractivity (Wildman–Crippen MR) is 164 cm³/mol. The monoisotopic (exact) mass is 578 g/mol. The Balaban J connectivity index is 1.62. The first-order chi connectivity index (χ1) is 22.5. The minimum absolute atomic E-state index is 0.0213. The molecule has 0 aliphatic carbocycles. The second-order valence-electron chi connectivity index (χ2n) is 11.0. The lowest BCUT2D eigenvalue weighted by Crippen LogP contribution is -2.42. The van der Waals surface area contributed by atoms with Crippen molar-refractivity contribution in [2.75, 3.05) is 23.4 Å². The van der Waals surface area contributed by atoms with Gasteiger partial charge in [0.05, 0.1) is 13.2 Å². The van der Waals surface area contributed by atoms with Crippen molar-refractivity contribution in [2.24, 2.45) is 0 Å². The van der Waals surface area contributed by atoms with Gasteiger partial charge in [-0.25, -0.2) is 4.68 Å². The fraction of sp³-hybridized carbons (Fsp3) is 0.455. The Morgan fingerprint density at radius 2 is 1.83 bits per heavy atom. The summed E-state index contributed by atoms with van der Waals surface area (Å²) in [4.78, 5) is 43.1. The van der Waals surface area contributed by atoms with Crippen LogP contribution in [0, 0.1) is 20.8 Å². The number of carbonyl (C=O) groups is 3. The molecular weight excluding hydrogens is 530 g/mol. The molecule has 5 rings (SSSR count). The van der Waals surface area contributed by atoms with E-state index in [4.69, 9.17) is 14.3 Å². The number of carbonyl (C=O) groups excluding carboxylic acids is 3. The minimum atomic E-state index is -3.29. The Kier molecular flexibility index (Phi) is 5.78. The first-order valence-corrected chi connectivity index (χ1v) is 13.9. The molecule has 1 N–H and O–H groups in total. The van der Waals surface area contributed by atoms with Gasteiger partial charge in [-0.3, -0.25) is 14.4 Å². The van der Waals surface area contributed by atoms with Crippen LogP contribution in [0.25, 0.3) is 5.69 Å². The molecule has 3 heterocycles. The van der Waals surface area contributed by atoms with Gasteiger partial charge >= 0.3 is 0 Å². The molecule has 1 aromatic heterocycles. The molecule has 0 spiro atoms. The molecule has 222 valence electrons. The Hall–Kier alpha value is -4.14. The SMILES string of the molecule is [2H]C1([2H])C(=O)N(c2ccc(N3CC(C)c4c(C(=O)NC)nn(-c5ccc(OC(C)C)c(C)c5C)c4C3=O)c(C)c2)C([2H])(C)C([2H])([2H])C1([2H])[2H]. The summed E-state index contributed by atoms with van der Waals surface area (Å²) < 4.78 is 65.7. The molecule has 0 bridgehead atoms. The molecule has 3 aromatic rings. The smallest absolute Gasteiger partial charge is 0.277 e. The lowest BCUT2D eigenvalue weighted by molar-refractivity contribution is -0.120. The van der Waals surface area contributed by atoms with Crippen molar-refractivity contribution in [3.8, 4) is 11.4 Å². The molecule has 3 amide bonds. The summed E-state index contributed by atoms with van der Waals surface area (Å²) in [7, 11) is 1.49. The number of benzene rings is 2. The molecule has 2 aromatic carbocycles. The van der Waals surface area contributed by atoms with Gasteiger partial charge < -0.3 is 19.9 Å². The van der Waals surface area contributed by atoms with E-state index >= 15 is 0 Å². The number of piperidine rings is 1. The number of fused-ring (bicyclic) bond motifs is 1. The van der Waals surface area contributed by atoms with E-state index in [0.717, 1.165) is 18.1 Å². The standard InChI is InChI=1S/C33H41N5O4/c1-18(2)42-27-15-14-26(22(6)23(27)7)38-31-29(30(35-38)32(40)34-8)20(4)17-36(33(31)41)25-13-12-24(16-19(25)3)37-21(5)10-9-11-28(37)39/h12-16,18,20-21H,9-11,17H2,1-8H3,(H,34,40)/i9D2,10D2,11D2,21D. The summed E-state index contributed by atoms with van der Waals surface area (Å²) in [6, 6.07) is 5.46. The van der Waals surface area contributed by atoms with Crippen LogP contribution in [-0.2, 0) is 4.79 Å². The van der Waals surface area contributed by atoms with Gasteiger partial charge in [0.15, 0.2) is 5.69 Å². The van der Waals surface area contributed by atoms with E-state index < -0.39 is 42.9 Å². The summed E-state index contributed by atoms with van der Waals surface area (Å²) in [5, 5.41) is 7.29. The Bertz CT molecular complexity index is 1890. The van der Waals surface area contributed by atoms with Crippen molar-refractivity contribution in [3.63, 3.8) is 0 Å². The number of ether oxygens (including phenoxy) is 1. The molecule has 1 saturated heterocycles. The van der Waals surface area contributed by atoms with Crippen molar-refractivity contribution in [1.29, 1.82) is 0 Å². The van der Waals surface area contributed by atoms with Crippen LogP contribution < -0.4 is 19.9 Å². The van der Waals surface area contributed by atoms with Crippen LogP contribution in [0.4, 0.5) is 11.4 Å². The lowest BCUT2D eigenvalue weighted by atomic mass is 9.92. The molecule has 42 heavy (non-hydrogen) atoms. The van der Waals surface area contributed by atoms with E-state index in [1.165, 1.54) is 34.8 Å². The molecule has 2 aliphatic heterocycles. The van der Waals surface area contributed by atoms with Crippen LogP contribution in [0.2, 0.25) is 0 Å². The number of hydrogen-bond donors (Lipinski definition) is 1. The van der Waals surface area contributed by atoms with Crippen molar-refractivity contribution in [2.45, 2.75) is 85.6 Å². The van der Waals surface area contributed by atoms with Gasteiger partial charge in [0.2, 0.25) is 5.91 Å². The lowest BCUT2D eigenvalue weighted by Gasteiger charge is -2.35. The Morgan fingerprint density at radius 1 is 1.12 bits per heavy atom. The average molecular weight is 579 g/mol. The van der Waals surface area contributed by atoms with Gasteiger partial charge in [-0.1, -0.05) is 6.92 Å². The van der Waals surface area contributed by atoms with E-state index in [0.29, 0.717) is 33.2 Å². The maximum atomic E-state index is 14.5. The zero-order chi connectivity index (χ0) is 36.8. The number of anilines is 2. The molecule has 0 saturated carbocycles. The van der Waals surface area contributed by atoms with Crippen LogP contribution >= 0.6 is 0 Å². The number of amides is 3. The minimum Gasteiger partial charge on any atom is -0.491 e. The third-order valence-corrected chi connectivity index (χ3v) is 7.74. The topological polar surface area (TPSA) is 96.8 Å². The van der Waals surface area contributed by atoms with Gasteiger partial charge in [-0.2, -0.15) is 5.10 Å². The van der Waals surface area contributed by atoms with Crippen LogP contribution in [0.1, 0.15) is 106 Å². The molecule has 1 fully saturated rings. The van der Waals surface area contributed by atoms with Crippen molar-refractivity contribution in [3.05, 3.63) is 64.0 Å². The molecule has 2 atom stereocenters. The summed E-state index contributed by atoms with van der Waals surface area (Å²) in [6.45, 7) is 12.4. The largest absolute Gasteiger partial charge is 0.491 e. The highest BCUT2D eigenvalue weighted by atomic mass is 16.5. The third kappa shape index (κ3) is 4.95. The van der Waals surface area contributed by atoms with E-state index in [1.807, 2.05) is 34.6 Å². The van der Waals surface area contributed by atoms with Crippen molar-refractivity contribution >= 4 is 29.1 Å². The molecule has 2 unspecified atom stereocenters. The van der Waals surface area contributed by atoms with Crippen LogP contribution in [0.15, 0.2) is 30.3 Å². The van der Waals surface area contributed by atoms with Crippen LogP contribution in [0.5, 0.6) is 5.75 Å². The van der Waals surface area contributed by atoms with Crippen molar-refractivity contribution < 1.29 is 28.7 Å². The second-order valence-corrected chi connectivity index (χ2v) is 11.0. The van der Waals surface area contributed by atoms with Gasteiger partial charge in [-0.05, 0) is 101 Å². The van der Waals surface area contributed by atoms with Crippen LogP contribution in [-0.4, -0.2) is 53.2 Å². The zero-order valence-corrected chi connectivity index (χ0v) is 25.2. The van der Waals surface area contributed by atoms with Crippen LogP contribution in [0.3, 0.4) is 0 Å². The predicted octanol–water partition coefficient (Wildman–Crippen LogP) is 5.61. The number of rotatable bonds is 6. The highest BCUT2D eigenvalue weighted by Crippen LogP contribution is 2.39. The fourth-order valence-corrected chi connectivity index (χ4v) is 5.57. The highest BCUT2D eigenvalue weighted by molar-refractivity contribution is 6.10. The summed E-state index contributed by atoms with van der Waals surface area (Å²) in [6.07, 6.45) is -9.71. The Labute approximate surface area is 257 Å². The highest BCUT2D eigenvalue weighted by Gasteiger charge is 2.39. The van der Waals surface area contributed by atoms with E-state index in [9.17, 15) is 14.4 Å². The summed E-state index contributed by atoms with van der Waals surface area (Å²) >= 11 is 0. The maximum absolute atomic E-state index is 14.5. The third-order valence-electron chi connectivity index (χ3n) is 7.74. The van der Waals surface area contributed by atoms with Gasteiger partial charge in [-0.15, -0.1) is 0 Å².